The van der Waals surface area contributed by atoms with Gasteiger partial charge in [-0.25, -0.2) is 9.78 Å². The van der Waals surface area contributed by atoms with Crippen LogP contribution in [0.2, 0.25) is 0 Å². The van der Waals surface area contributed by atoms with Crippen molar-refractivity contribution in [3.8, 4) is 0 Å². The number of nitrogens with one attached hydrogen (secondary N) is 2. The van der Waals surface area contributed by atoms with Gasteiger partial charge in [0, 0.05) is 18.0 Å². The summed E-state index contributed by atoms with van der Waals surface area (Å²) in [4.78, 5) is 44.0. The second-order valence-corrected chi connectivity index (χ2v) is 9.34. The average molecular weight is 435 g/mol. The third kappa shape index (κ3) is 4.72. The van der Waals surface area contributed by atoms with E-state index >= 15 is 0 Å². The number of amides is 3. The van der Waals surface area contributed by atoms with E-state index in [0.717, 1.165) is 41.5 Å². The molecule has 7 nitrogen and oxygen atoms in total. The number of nitrogens with zero attached hydrogens (tertiary/aromatic N) is 2. The fourth-order valence-corrected chi connectivity index (χ4v) is 5.63. The number of thioether (sulfide) groups is 1. The third-order valence-electron chi connectivity index (χ3n) is 4.83. The summed E-state index contributed by atoms with van der Waals surface area (Å²) in [7, 11) is 0. The molecule has 1 aliphatic rings. The van der Waals surface area contributed by atoms with Gasteiger partial charge in [0.05, 0.1) is 10.6 Å². The molecular formula is C20H26N4O3S2. The van der Waals surface area contributed by atoms with Crippen LogP contribution in [0, 0.1) is 0 Å². The maximum absolute atomic E-state index is 13.3. The molecule has 0 bridgehead atoms. The van der Waals surface area contributed by atoms with E-state index in [4.69, 9.17) is 4.98 Å². The predicted molar refractivity (Wildman–Crippen MR) is 118 cm³/mol. The van der Waals surface area contributed by atoms with Gasteiger partial charge in [0.25, 0.3) is 5.56 Å². The molecule has 0 saturated carbocycles. The molecule has 2 aromatic heterocycles. The zero-order valence-electron chi connectivity index (χ0n) is 16.7. The Morgan fingerprint density at radius 3 is 2.83 bits per heavy atom. The smallest absolute Gasteiger partial charge is 0.321 e. The van der Waals surface area contributed by atoms with E-state index < -0.39 is 17.2 Å². The number of allylic oxidation sites excluding steroid dienone is 1. The highest BCUT2D eigenvalue weighted by Crippen LogP contribution is 2.34. The number of imide groups is 1. The number of rotatable bonds is 6. The van der Waals surface area contributed by atoms with Crippen molar-refractivity contribution in [2.24, 2.45) is 0 Å². The Bertz CT molecular complexity index is 996. The standard InChI is InChI=1S/C20H26N4O3S2/c1-4-11-24-18(26)15-13-9-7-6-8-10-14(13)29-17(15)23-20(24)28-12(3)16(25)22-19(27)21-5-2/h4,12H,1,5-11H2,2-3H3,(H2,21,22,25,27)/t12-/m1/s1. The van der Waals surface area contributed by atoms with Crippen molar-refractivity contribution in [2.75, 3.05) is 6.54 Å². The van der Waals surface area contributed by atoms with Gasteiger partial charge in [0.2, 0.25) is 5.91 Å². The molecule has 0 unspecified atom stereocenters. The van der Waals surface area contributed by atoms with Gasteiger partial charge in [-0.15, -0.1) is 17.9 Å². The van der Waals surface area contributed by atoms with Crippen LogP contribution in [0.3, 0.4) is 0 Å². The highest BCUT2D eigenvalue weighted by atomic mass is 32.2. The molecule has 0 saturated heterocycles. The SMILES string of the molecule is C=CCn1c(S[C@H](C)C(=O)NC(=O)NCC)nc2sc3c(c2c1=O)CCCCC3. The topological polar surface area (TPSA) is 93.1 Å². The number of hydrogen-bond acceptors (Lipinski definition) is 6. The lowest BCUT2D eigenvalue weighted by Gasteiger charge is -2.14. The number of carbonyl (C=O) groups excluding carboxylic acids is 2. The highest BCUT2D eigenvalue weighted by Gasteiger charge is 2.24. The van der Waals surface area contributed by atoms with E-state index in [1.54, 1.807) is 35.8 Å². The Morgan fingerprint density at radius 1 is 1.34 bits per heavy atom. The largest absolute Gasteiger partial charge is 0.338 e. The van der Waals surface area contributed by atoms with E-state index in [0.29, 0.717) is 18.2 Å². The van der Waals surface area contributed by atoms with Crippen LogP contribution < -0.4 is 16.2 Å². The van der Waals surface area contributed by atoms with Gasteiger partial charge >= 0.3 is 6.03 Å². The minimum absolute atomic E-state index is 0.0758. The Balaban J connectivity index is 1.96. The summed E-state index contributed by atoms with van der Waals surface area (Å²) in [5.74, 6) is -0.428. The molecule has 2 N–H and O–H groups in total. The molecule has 2 heterocycles. The molecule has 0 fully saturated rings. The molecule has 0 aromatic carbocycles. The number of aromatic nitrogens is 2. The van der Waals surface area contributed by atoms with Crippen molar-refractivity contribution in [2.45, 2.75) is 62.9 Å². The van der Waals surface area contributed by atoms with Crippen LogP contribution in [-0.2, 0) is 24.2 Å². The van der Waals surface area contributed by atoms with Gasteiger partial charge in [0.15, 0.2) is 5.16 Å². The lowest BCUT2D eigenvalue weighted by molar-refractivity contribution is -0.119. The summed E-state index contributed by atoms with van der Waals surface area (Å²) < 4.78 is 1.58. The number of carbonyl (C=O) groups is 2. The van der Waals surface area contributed by atoms with Crippen molar-refractivity contribution in [3.63, 3.8) is 0 Å². The van der Waals surface area contributed by atoms with Gasteiger partial charge in [-0.3, -0.25) is 19.5 Å². The van der Waals surface area contributed by atoms with Crippen LogP contribution in [0.25, 0.3) is 10.2 Å². The Labute approximate surface area is 178 Å². The zero-order valence-corrected chi connectivity index (χ0v) is 18.4. The fourth-order valence-electron chi connectivity index (χ4n) is 3.41. The lowest BCUT2D eigenvalue weighted by atomic mass is 10.1. The van der Waals surface area contributed by atoms with Crippen molar-refractivity contribution >= 4 is 45.3 Å². The molecule has 0 radical (unpaired) electrons. The molecule has 156 valence electrons. The Morgan fingerprint density at radius 2 is 2.10 bits per heavy atom. The van der Waals surface area contributed by atoms with Crippen LogP contribution >= 0.6 is 23.1 Å². The number of thiophene rings is 1. The Hall–Kier alpha value is -2.13. The third-order valence-corrected chi connectivity index (χ3v) is 7.10. The number of aryl methyl sites for hydroxylation is 2. The van der Waals surface area contributed by atoms with Gasteiger partial charge in [-0.2, -0.15) is 0 Å². The molecule has 3 rings (SSSR count). The minimum atomic E-state index is -0.587. The van der Waals surface area contributed by atoms with Gasteiger partial charge in [0.1, 0.15) is 4.83 Å². The fraction of sp³-hybridized carbons (Fsp3) is 0.500. The first kappa shape index (κ1) is 21.6. The molecule has 3 amide bonds. The molecule has 1 atom stereocenters. The van der Waals surface area contributed by atoms with Crippen molar-refractivity contribution < 1.29 is 9.59 Å². The number of urea groups is 1. The summed E-state index contributed by atoms with van der Waals surface area (Å²) in [5, 5.41) is 5.44. The number of hydrogen-bond donors (Lipinski definition) is 2. The zero-order chi connectivity index (χ0) is 21.0. The van der Waals surface area contributed by atoms with E-state index in [1.807, 2.05) is 0 Å². The normalized spacial score (nSPS) is 14.7. The maximum Gasteiger partial charge on any atom is 0.321 e. The molecule has 2 aromatic rings. The Kier molecular flexibility index (Phi) is 7.13. The first-order valence-corrected chi connectivity index (χ1v) is 11.6. The van der Waals surface area contributed by atoms with Crippen molar-refractivity contribution in [1.82, 2.24) is 20.2 Å². The van der Waals surface area contributed by atoms with Gasteiger partial charge < -0.3 is 5.32 Å². The maximum atomic E-state index is 13.3. The van der Waals surface area contributed by atoms with Crippen LogP contribution in [0.5, 0.6) is 0 Å². The molecule has 29 heavy (non-hydrogen) atoms. The van der Waals surface area contributed by atoms with Crippen LogP contribution in [-0.4, -0.2) is 33.3 Å². The first-order chi connectivity index (χ1) is 14.0. The highest BCUT2D eigenvalue weighted by molar-refractivity contribution is 8.00. The van der Waals surface area contributed by atoms with Gasteiger partial charge in [-0.05, 0) is 45.1 Å². The van der Waals surface area contributed by atoms with Crippen LogP contribution in [0.15, 0.2) is 22.6 Å². The summed E-state index contributed by atoms with van der Waals surface area (Å²) in [5.41, 5.74) is 1.07. The van der Waals surface area contributed by atoms with Crippen molar-refractivity contribution in [1.29, 1.82) is 0 Å². The lowest BCUT2D eigenvalue weighted by Crippen LogP contribution is -2.42. The molecule has 0 aliphatic heterocycles. The predicted octanol–water partition coefficient (Wildman–Crippen LogP) is 3.24. The van der Waals surface area contributed by atoms with Crippen LogP contribution in [0.4, 0.5) is 4.79 Å². The van der Waals surface area contributed by atoms with E-state index in [-0.39, 0.29) is 5.56 Å². The second-order valence-electron chi connectivity index (χ2n) is 6.95. The summed E-state index contributed by atoms with van der Waals surface area (Å²) in [6.45, 7) is 7.97. The quantitative estimate of drug-likeness (QED) is 0.315. The van der Waals surface area contributed by atoms with E-state index in [9.17, 15) is 14.4 Å². The number of fused-ring (bicyclic) bond motifs is 3. The van der Waals surface area contributed by atoms with E-state index in [1.165, 1.54) is 23.1 Å². The monoisotopic (exact) mass is 434 g/mol. The summed E-state index contributed by atoms with van der Waals surface area (Å²) in [6.07, 6.45) is 6.97. The van der Waals surface area contributed by atoms with Gasteiger partial charge in [-0.1, -0.05) is 24.3 Å². The molecule has 1 aliphatic carbocycles. The molecular weight excluding hydrogens is 408 g/mol. The first-order valence-electron chi connectivity index (χ1n) is 9.87. The average Bonchev–Trinajstić information content (AvgIpc) is 2.86. The summed E-state index contributed by atoms with van der Waals surface area (Å²) >= 11 is 2.77. The molecule has 0 spiro atoms. The molecule has 9 heteroatoms. The van der Waals surface area contributed by atoms with E-state index in [2.05, 4.69) is 17.2 Å². The minimum Gasteiger partial charge on any atom is -0.338 e. The summed E-state index contributed by atoms with van der Waals surface area (Å²) in [6, 6.07) is -0.529. The van der Waals surface area contributed by atoms with Crippen molar-refractivity contribution in [3.05, 3.63) is 33.4 Å². The van der Waals surface area contributed by atoms with Crippen LogP contribution in [0.1, 0.15) is 43.6 Å². The second kappa shape index (κ2) is 9.58.